The molecule has 0 unspecified atom stereocenters. The molecule has 0 aromatic heterocycles. The van der Waals surface area contributed by atoms with E-state index >= 15 is 0 Å². The molecular weight excluding hydrogens is 358 g/mol. The van der Waals surface area contributed by atoms with E-state index in [4.69, 9.17) is 4.74 Å². The van der Waals surface area contributed by atoms with Crippen molar-refractivity contribution in [3.63, 3.8) is 0 Å². The van der Waals surface area contributed by atoms with Gasteiger partial charge in [0.05, 0.1) is 13.0 Å². The highest BCUT2D eigenvalue weighted by Crippen LogP contribution is 2.18. The van der Waals surface area contributed by atoms with Crippen LogP contribution in [0, 0.1) is 0 Å². The van der Waals surface area contributed by atoms with Gasteiger partial charge < -0.3 is 20.3 Å². The average molecular weight is 381 g/mol. The SMILES string of the molecule is CCOc1ccc(NC(=O)C[C@H]2C(=O)NCCN2C(=O)c2ccccc2)cc1. The first-order chi connectivity index (χ1) is 13.6. The number of piperazine rings is 1. The molecule has 0 saturated carbocycles. The van der Waals surface area contributed by atoms with Gasteiger partial charge in [0.15, 0.2) is 0 Å². The van der Waals surface area contributed by atoms with Crippen molar-refractivity contribution in [2.24, 2.45) is 0 Å². The molecule has 3 rings (SSSR count). The summed E-state index contributed by atoms with van der Waals surface area (Å²) in [6.45, 7) is 3.19. The second kappa shape index (κ2) is 9.03. The molecule has 7 nitrogen and oxygen atoms in total. The summed E-state index contributed by atoms with van der Waals surface area (Å²) in [6.07, 6.45) is -0.113. The van der Waals surface area contributed by atoms with Gasteiger partial charge in [0.25, 0.3) is 5.91 Å². The number of carbonyl (C=O) groups is 3. The quantitative estimate of drug-likeness (QED) is 0.802. The van der Waals surface area contributed by atoms with Gasteiger partial charge in [0.2, 0.25) is 11.8 Å². The van der Waals surface area contributed by atoms with Gasteiger partial charge in [0, 0.05) is 24.3 Å². The summed E-state index contributed by atoms with van der Waals surface area (Å²) >= 11 is 0. The number of hydrogen-bond donors (Lipinski definition) is 2. The molecule has 2 aromatic rings. The van der Waals surface area contributed by atoms with Gasteiger partial charge in [0.1, 0.15) is 11.8 Å². The molecule has 1 saturated heterocycles. The van der Waals surface area contributed by atoms with Crippen molar-refractivity contribution in [2.45, 2.75) is 19.4 Å². The summed E-state index contributed by atoms with van der Waals surface area (Å²) in [5.74, 6) is -0.199. The highest BCUT2D eigenvalue weighted by molar-refractivity contribution is 6.01. The van der Waals surface area contributed by atoms with Crippen molar-refractivity contribution < 1.29 is 19.1 Å². The number of nitrogens with one attached hydrogen (secondary N) is 2. The molecular formula is C21H23N3O4. The van der Waals surface area contributed by atoms with Crippen LogP contribution in [0.4, 0.5) is 5.69 Å². The van der Waals surface area contributed by atoms with Crippen LogP contribution >= 0.6 is 0 Å². The summed E-state index contributed by atoms with van der Waals surface area (Å²) in [5.41, 5.74) is 1.10. The van der Waals surface area contributed by atoms with Gasteiger partial charge in [-0.05, 0) is 43.3 Å². The van der Waals surface area contributed by atoms with E-state index in [1.54, 1.807) is 48.5 Å². The lowest BCUT2D eigenvalue weighted by Crippen LogP contribution is -2.58. The van der Waals surface area contributed by atoms with E-state index in [0.717, 1.165) is 0 Å². The lowest BCUT2D eigenvalue weighted by Gasteiger charge is -2.34. The van der Waals surface area contributed by atoms with Gasteiger partial charge in [-0.2, -0.15) is 0 Å². The molecule has 0 radical (unpaired) electrons. The van der Waals surface area contributed by atoms with Crippen molar-refractivity contribution in [1.82, 2.24) is 10.2 Å². The number of nitrogens with zero attached hydrogens (tertiary/aromatic N) is 1. The average Bonchev–Trinajstić information content (AvgIpc) is 2.71. The smallest absolute Gasteiger partial charge is 0.254 e. The zero-order chi connectivity index (χ0) is 19.9. The summed E-state index contributed by atoms with van der Waals surface area (Å²) in [6, 6.07) is 14.9. The zero-order valence-corrected chi connectivity index (χ0v) is 15.7. The van der Waals surface area contributed by atoms with Gasteiger partial charge >= 0.3 is 0 Å². The van der Waals surface area contributed by atoms with Crippen LogP contribution in [-0.2, 0) is 9.59 Å². The molecule has 0 spiro atoms. The van der Waals surface area contributed by atoms with Gasteiger partial charge in [-0.15, -0.1) is 0 Å². The first-order valence-corrected chi connectivity index (χ1v) is 9.25. The Morgan fingerprint density at radius 3 is 2.54 bits per heavy atom. The monoisotopic (exact) mass is 381 g/mol. The molecule has 146 valence electrons. The minimum atomic E-state index is -0.843. The Morgan fingerprint density at radius 1 is 1.14 bits per heavy atom. The van der Waals surface area contributed by atoms with Crippen molar-refractivity contribution in [1.29, 1.82) is 0 Å². The molecule has 2 N–H and O–H groups in total. The van der Waals surface area contributed by atoms with Crippen LogP contribution in [-0.4, -0.2) is 48.4 Å². The molecule has 7 heteroatoms. The number of hydrogen-bond acceptors (Lipinski definition) is 4. The number of benzene rings is 2. The minimum Gasteiger partial charge on any atom is -0.494 e. The summed E-state index contributed by atoms with van der Waals surface area (Å²) in [4.78, 5) is 39.1. The minimum absolute atomic E-state index is 0.113. The molecule has 1 aliphatic heterocycles. The first-order valence-electron chi connectivity index (χ1n) is 9.25. The third kappa shape index (κ3) is 4.68. The maximum Gasteiger partial charge on any atom is 0.254 e. The van der Waals surface area contributed by atoms with Crippen LogP contribution in [0.2, 0.25) is 0 Å². The number of amides is 3. The van der Waals surface area contributed by atoms with Crippen LogP contribution in [0.3, 0.4) is 0 Å². The van der Waals surface area contributed by atoms with E-state index in [9.17, 15) is 14.4 Å². The van der Waals surface area contributed by atoms with Gasteiger partial charge in [-0.3, -0.25) is 14.4 Å². The lowest BCUT2D eigenvalue weighted by atomic mass is 10.1. The molecule has 28 heavy (non-hydrogen) atoms. The maximum atomic E-state index is 12.8. The molecule has 3 amide bonds. The van der Waals surface area contributed by atoms with Gasteiger partial charge in [-0.25, -0.2) is 0 Å². The number of rotatable bonds is 6. The third-order valence-electron chi connectivity index (χ3n) is 4.44. The van der Waals surface area contributed by atoms with E-state index in [1.165, 1.54) is 4.90 Å². The lowest BCUT2D eigenvalue weighted by molar-refractivity contribution is -0.131. The van der Waals surface area contributed by atoms with E-state index in [2.05, 4.69) is 10.6 Å². The molecule has 2 aromatic carbocycles. The highest BCUT2D eigenvalue weighted by Gasteiger charge is 2.35. The van der Waals surface area contributed by atoms with Crippen LogP contribution in [0.5, 0.6) is 5.75 Å². The number of ether oxygens (including phenoxy) is 1. The third-order valence-corrected chi connectivity index (χ3v) is 4.44. The Hall–Kier alpha value is -3.35. The standard InChI is InChI=1S/C21H23N3O4/c1-2-28-17-10-8-16(9-11-17)23-19(25)14-18-20(26)22-12-13-24(18)21(27)15-6-4-3-5-7-15/h3-11,18H,2,12-14H2,1H3,(H,22,26)(H,23,25)/t18-/m0/s1. The van der Waals surface area contributed by atoms with Crippen molar-refractivity contribution in [3.8, 4) is 5.75 Å². The predicted octanol–water partition coefficient (Wildman–Crippen LogP) is 2.05. The molecule has 0 bridgehead atoms. The molecule has 1 atom stereocenters. The highest BCUT2D eigenvalue weighted by atomic mass is 16.5. The van der Waals surface area contributed by atoms with Crippen LogP contribution < -0.4 is 15.4 Å². The molecule has 1 fully saturated rings. The Kier molecular flexibility index (Phi) is 6.26. The van der Waals surface area contributed by atoms with Crippen molar-refractivity contribution in [3.05, 3.63) is 60.2 Å². The second-order valence-electron chi connectivity index (χ2n) is 6.38. The zero-order valence-electron chi connectivity index (χ0n) is 15.7. The molecule has 1 heterocycles. The van der Waals surface area contributed by atoms with Gasteiger partial charge in [-0.1, -0.05) is 18.2 Å². The van der Waals surface area contributed by atoms with Crippen LogP contribution in [0.1, 0.15) is 23.7 Å². The maximum absolute atomic E-state index is 12.8. The fourth-order valence-electron chi connectivity index (χ4n) is 3.10. The van der Waals surface area contributed by atoms with Crippen LogP contribution in [0.15, 0.2) is 54.6 Å². The normalized spacial score (nSPS) is 16.2. The summed E-state index contributed by atoms with van der Waals surface area (Å²) < 4.78 is 5.37. The topological polar surface area (TPSA) is 87.7 Å². The van der Waals surface area contributed by atoms with E-state index in [1.807, 2.05) is 13.0 Å². The fourth-order valence-corrected chi connectivity index (χ4v) is 3.10. The molecule has 1 aliphatic rings. The van der Waals surface area contributed by atoms with E-state index in [0.29, 0.717) is 36.7 Å². The Balaban J connectivity index is 1.67. The summed E-state index contributed by atoms with van der Waals surface area (Å²) in [7, 11) is 0. The van der Waals surface area contributed by atoms with Crippen molar-refractivity contribution in [2.75, 3.05) is 25.0 Å². The van der Waals surface area contributed by atoms with E-state index < -0.39 is 6.04 Å². The first kappa shape index (κ1) is 19.4. The summed E-state index contributed by atoms with van der Waals surface area (Å²) in [5, 5.41) is 5.50. The predicted molar refractivity (Wildman–Crippen MR) is 105 cm³/mol. The Labute approximate surface area is 163 Å². The Morgan fingerprint density at radius 2 is 1.86 bits per heavy atom. The van der Waals surface area contributed by atoms with Crippen LogP contribution in [0.25, 0.3) is 0 Å². The number of anilines is 1. The van der Waals surface area contributed by atoms with E-state index in [-0.39, 0.29) is 24.1 Å². The largest absolute Gasteiger partial charge is 0.494 e. The van der Waals surface area contributed by atoms with Crippen molar-refractivity contribution >= 4 is 23.4 Å². The second-order valence-corrected chi connectivity index (χ2v) is 6.38. The molecule has 0 aliphatic carbocycles. The number of carbonyl (C=O) groups excluding carboxylic acids is 3. The Bertz CT molecular complexity index is 836. The fraction of sp³-hybridized carbons (Fsp3) is 0.286.